The van der Waals surface area contributed by atoms with Crippen LogP contribution in [0.15, 0.2) is 18.2 Å². The van der Waals surface area contributed by atoms with Gasteiger partial charge in [-0.05, 0) is 31.5 Å². The van der Waals surface area contributed by atoms with Crippen molar-refractivity contribution in [3.8, 4) is 11.4 Å². The molecule has 0 aliphatic carbocycles. The third kappa shape index (κ3) is 1.51. The molecule has 2 rings (SSSR count). The third-order valence-corrected chi connectivity index (χ3v) is 2.04. The van der Waals surface area contributed by atoms with Crippen molar-refractivity contribution in [2.75, 3.05) is 0 Å². The van der Waals surface area contributed by atoms with Crippen molar-refractivity contribution in [1.82, 2.24) is 15.2 Å². The van der Waals surface area contributed by atoms with E-state index in [9.17, 15) is 4.39 Å². The van der Waals surface area contributed by atoms with E-state index in [1.165, 1.54) is 12.1 Å². The lowest BCUT2D eigenvalue weighted by Gasteiger charge is -2.00. The average molecular weight is 191 g/mol. The van der Waals surface area contributed by atoms with Gasteiger partial charge in [0.25, 0.3) is 0 Å². The molecule has 2 aromatic rings. The quantitative estimate of drug-likeness (QED) is 0.750. The van der Waals surface area contributed by atoms with E-state index in [4.69, 9.17) is 0 Å². The van der Waals surface area contributed by atoms with Crippen LogP contribution in [0.25, 0.3) is 11.4 Å². The molecule has 72 valence electrons. The van der Waals surface area contributed by atoms with Crippen LogP contribution >= 0.6 is 0 Å². The van der Waals surface area contributed by atoms with Gasteiger partial charge in [0.1, 0.15) is 11.6 Å². The Labute approximate surface area is 81.0 Å². The summed E-state index contributed by atoms with van der Waals surface area (Å²) >= 11 is 0. The molecule has 0 radical (unpaired) electrons. The molecule has 1 heterocycles. The molecule has 0 saturated heterocycles. The Kier molecular flexibility index (Phi) is 2.04. The first kappa shape index (κ1) is 8.87. The van der Waals surface area contributed by atoms with Crippen molar-refractivity contribution < 1.29 is 4.39 Å². The molecule has 4 heteroatoms. The summed E-state index contributed by atoms with van der Waals surface area (Å²) in [6.45, 7) is 3.71. The number of benzene rings is 1. The molecule has 0 amide bonds. The van der Waals surface area contributed by atoms with E-state index < -0.39 is 0 Å². The van der Waals surface area contributed by atoms with Crippen LogP contribution in [0, 0.1) is 19.7 Å². The number of halogens is 1. The molecule has 0 aliphatic rings. The van der Waals surface area contributed by atoms with Crippen molar-refractivity contribution in [3.05, 3.63) is 35.4 Å². The van der Waals surface area contributed by atoms with E-state index in [2.05, 4.69) is 15.2 Å². The molecule has 0 aliphatic heterocycles. The summed E-state index contributed by atoms with van der Waals surface area (Å²) in [5.74, 6) is 0.996. The molecular weight excluding hydrogens is 181 g/mol. The fourth-order valence-electron chi connectivity index (χ4n) is 1.30. The Morgan fingerprint density at radius 1 is 1.29 bits per heavy atom. The number of nitrogens with zero attached hydrogens (tertiary/aromatic N) is 2. The molecule has 0 fully saturated rings. The second-order valence-corrected chi connectivity index (χ2v) is 3.20. The van der Waals surface area contributed by atoms with E-state index >= 15 is 0 Å². The highest BCUT2D eigenvalue weighted by Crippen LogP contribution is 2.20. The summed E-state index contributed by atoms with van der Waals surface area (Å²) in [6, 6.07) is 4.59. The Morgan fingerprint density at radius 2 is 2.07 bits per heavy atom. The molecule has 1 aromatic carbocycles. The Balaban J connectivity index is 2.55. The number of hydrogen-bond donors (Lipinski definition) is 1. The molecule has 14 heavy (non-hydrogen) atoms. The lowest BCUT2D eigenvalue weighted by Crippen LogP contribution is -1.87. The van der Waals surface area contributed by atoms with Crippen LogP contribution in [0.5, 0.6) is 0 Å². The van der Waals surface area contributed by atoms with Crippen LogP contribution < -0.4 is 0 Å². The highest BCUT2D eigenvalue weighted by molar-refractivity contribution is 5.59. The second-order valence-electron chi connectivity index (χ2n) is 3.20. The van der Waals surface area contributed by atoms with Gasteiger partial charge >= 0.3 is 0 Å². The minimum atomic E-state index is -0.270. The number of H-pyrrole nitrogens is 1. The van der Waals surface area contributed by atoms with E-state index in [0.717, 1.165) is 17.0 Å². The SMILES string of the molecule is Cc1nc(-c2cc(F)ccc2C)n[nH]1. The third-order valence-electron chi connectivity index (χ3n) is 2.04. The fourth-order valence-corrected chi connectivity index (χ4v) is 1.30. The maximum atomic E-state index is 13.0. The molecule has 0 unspecified atom stereocenters. The van der Waals surface area contributed by atoms with Gasteiger partial charge in [0.05, 0.1) is 0 Å². The summed E-state index contributed by atoms with van der Waals surface area (Å²) in [5, 5.41) is 6.72. The summed E-state index contributed by atoms with van der Waals surface area (Å²) in [4.78, 5) is 4.15. The fraction of sp³-hybridized carbons (Fsp3) is 0.200. The summed E-state index contributed by atoms with van der Waals surface area (Å²) in [5.41, 5.74) is 1.69. The number of nitrogens with one attached hydrogen (secondary N) is 1. The zero-order valence-corrected chi connectivity index (χ0v) is 8.00. The second kappa shape index (κ2) is 3.21. The van der Waals surface area contributed by atoms with Crippen molar-refractivity contribution in [2.24, 2.45) is 0 Å². The Bertz CT molecular complexity index is 462. The Morgan fingerprint density at radius 3 is 2.71 bits per heavy atom. The first-order valence-electron chi connectivity index (χ1n) is 4.32. The van der Waals surface area contributed by atoms with Crippen molar-refractivity contribution in [2.45, 2.75) is 13.8 Å². The molecule has 0 spiro atoms. The maximum Gasteiger partial charge on any atom is 0.181 e. The van der Waals surface area contributed by atoms with Crippen molar-refractivity contribution >= 4 is 0 Å². The van der Waals surface area contributed by atoms with Gasteiger partial charge in [-0.3, -0.25) is 5.10 Å². The van der Waals surface area contributed by atoms with Crippen LogP contribution in [0.4, 0.5) is 4.39 Å². The molecule has 1 aromatic heterocycles. The van der Waals surface area contributed by atoms with Crippen molar-refractivity contribution in [1.29, 1.82) is 0 Å². The molecule has 0 bridgehead atoms. The lowest BCUT2D eigenvalue weighted by molar-refractivity contribution is 0.628. The summed E-state index contributed by atoms with van der Waals surface area (Å²) in [6.07, 6.45) is 0. The monoisotopic (exact) mass is 191 g/mol. The molecule has 3 nitrogen and oxygen atoms in total. The topological polar surface area (TPSA) is 41.6 Å². The van der Waals surface area contributed by atoms with Gasteiger partial charge in [0.2, 0.25) is 0 Å². The maximum absolute atomic E-state index is 13.0. The standard InChI is InChI=1S/C10H10FN3/c1-6-3-4-8(11)5-9(6)10-12-7(2)13-14-10/h3-5H,1-2H3,(H,12,13,14). The predicted molar refractivity (Wildman–Crippen MR) is 51.3 cm³/mol. The minimum absolute atomic E-state index is 0.270. The molecular formula is C10H10FN3. The zero-order valence-electron chi connectivity index (χ0n) is 8.00. The van der Waals surface area contributed by atoms with Crippen LogP contribution in [-0.2, 0) is 0 Å². The van der Waals surface area contributed by atoms with Crippen LogP contribution in [0.3, 0.4) is 0 Å². The van der Waals surface area contributed by atoms with Gasteiger partial charge in [-0.2, -0.15) is 5.10 Å². The number of rotatable bonds is 1. The number of aryl methyl sites for hydroxylation is 2. The van der Waals surface area contributed by atoms with Gasteiger partial charge in [-0.1, -0.05) is 6.07 Å². The van der Waals surface area contributed by atoms with Crippen molar-refractivity contribution in [3.63, 3.8) is 0 Å². The van der Waals surface area contributed by atoms with E-state index in [1.807, 2.05) is 13.8 Å². The first-order valence-corrected chi connectivity index (χ1v) is 4.32. The lowest BCUT2D eigenvalue weighted by atomic mass is 10.1. The highest BCUT2D eigenvalue weighted by atomic mass is 19.1. The minimum Gasteiger partial charge on any atom is -0.263 e. The van der Waals surface area contributed by atoms with Crippen LogP contribution in [-0.4, -0.2) is 15.2 Å². The van der Waals surface area contributed by atoms with E-state index in [-0.39, 0.29) is 5.82 Å². The first-order chi connectivity index (χ1) is 6.66. The zero-order chi connectivity index (χ0) is 10.1. The van der Waals surface area contributed by atoms with E-state index in [0.29, 0.717) is 5.82 Å². The number of aromatic nitrogens is 3. The van der Waals surface area contributed by atoms with Crippen LogP contribution in [0.1, 0.15) is 11.4 Å². The van der Waals surface area contributed by atoms with Crippen LogP contribution in [0.2, 0.25) is 0 Å². The number of hydrogen-bond acceptors (Lipinski definition) is 2. The number of aromatic amines is 1. The summed E-state index contributed by atoms with van der Waals surface area (Å²) in [7, 11) is 0. The molecule has 1 N–H and O–H groups in total. The average Bonchev–Trinajstić information content (AvgIpc) is 2.56. The largest absolute Gasteiger partial charge is 0.263 e. The van der Waals surface area contributed by atoms with Gasteiger partial charge in [-0.25, -0.2) is 9.37 Å². The Hall–Kier alpha value is -1.71. The van der Waals surface area contributed by atoms with Gasteiger partial charge in [0, 0.05) is 5.56 Å². The van der Waals surface area contributed by atoms with Gasteiger partial charge < -0.3 is 0 Å². The van der Waals surface area contributed by atoms with Gasteiger partial charge in [-0.15, -0.1) is 0 Å². The smallest absolute Gasteiger partial charge is 0.181 e. The molecule has 0 saturated carbocycles. The van der Waals surface area contributed by atoms with Gasteiger partial charge in [0.15, 0.2) is 5.82 Å². The molecule has 0 atom stereocenters. The predicted octanol–water partition coefficient (Wildman–Crippen LogP) is 2.23. The normalized spacial score (nSPS) is 10.5. The highest BCUT2D eigenvalue weighted by Gasteiger charge is 2.07. The summed E-state index contributed by atoms with van der Waals surface area (Å²) < 4.78 is 13.0. The van der Waals surface area contributed by atoms with E-state index in [1.54, 1.807) is 6.07 Å².